The van der Waals surface area contributed by atoms with E-state index in [1.54, 1.807) is 0 Å². The number of amides is 1. The highest BCUT2D eigenvalue weighted by Crippen LogP contribution is 1.92. The first-order valence-corrected chi connectivity index (χ1v) is 5.17. The van der Waals surface area contributed by atoms with Crippen LogP contribution in [0.3, 0.4) is 0 Å². The lowest BCUT2D eigenvalue weighted by molar-refractivity contribution is -0.122. The van der Waals surface area contributed by atoms with E-state index >= 15 is 0 Å². The van der Waals surface area contributed by atoms with Gasteiger partial charge in [-0.1, -0.05) is 0 Å². The smallest absolute Gasteiger partial charge is 0.236 e. The predicted molar refractivity (Wildman–Crippen MR) is 58.8 cm³/mol. The summed E-state index contributed by atoms with van der Waals surface area (Å²) in [4.78, 5) is 11.3. The van der Waals surface area contributed by atoms with Gasteiger partial charge in [-0.2, -0.15) is 0 Å². The average Bonchev–Trinajstić information content (AvgIpc) is 2.17. The number of nitrogens with one attached hydrogen (secondary N) is 2. The van der Waals surface area contributed by atoms with Crippen molar-refractivity contribution in [2.75, 3.05) is 13.1 Å². The fraction of sp³-hybridized carbons (Fsp3) is 0.727. The first-order chi connectivity index (χ1) is 6.72. The highest BCUT2D eigenvalue weighted by molar-refractivity contribution is 5.81. The molecule has 0 radical (unpaired) electrons. The minimum atomic E-state index is -0.110. The minimum absolute atomic E-state index is 0.0597. The van der Waals surface area contributed by atoms with Gasteiger partial charge in [-0.05, 0) is 33.2 Å². The van der Waals surface area contributed by atoms with Crippen molar-refractivity contribution in [1.82, 2.24) is 10.6 Å². The summed E-state index contributed by atoms with van der Waals surface area (Å²) in [5.41, 5.74) is 0. The number of terminal acetylenes is 1. The monoisotopic (exact) mass is 196 g/mol. The van der Waals surface area contributed by atoms with Gasteiger partial charge in [0.1, 0.15) is 0 Å². The molecule has 1 amide bonds. The van der Waals surface area contributed by atoms with Gasteiger partial charge in [-0.15, -0.1) is 12.3 Å². The summed E-state index contributed by atoms with van der Waals surface area (Å²) in [5.74, 6) is 2.65. The molecular formula is C11H20N2O. The molecule has 1 atom stereocenters. The van der Waals surface area contributed by atoms with Gasteiger partial charge in [0.2, 0.25) is 5.91 Å². The number of hydrogen-bond acceptors (Lipinski definition) is 2. The highest BCUT2D eigenvalue weighted by atomic mass is 16.2. The Morgan fingerprint density at radius 1 is 1.50 bits per heavy atom. The zero-order valence-electron chi connectivity index (χ0n) is 9.10. The molecule has 0 aromatic carbocycles. The Morgan fingerprint density at radius 3 is 2.79 bits per heavy atom. The third-order valence-electron chi connectivity index (χ3n) is 1.94. The molecule has 0 aliphatic carbocycles. The lowest BCUT2D eigenvalue weighted by Gasteiger charge is -2.12. The summed E-state index contributed by atoms with van der Waals surface area (Å²) < 4.78 is 0. The van der Waals surface area contributed by atoms with E-state index in [0.717, 1.165) is 25.8 Å². The number of hydrogen-bond donors (Lipinski definition) is 2. The highest BCUT2D eigenvalue weighted by Gasteiger charge is 2.09. The van der Waals surface area contributed by atoms with Crippen LogP contribution in [0.5, 0.6) is 0 Å². The summed E-state index contributed by atoms with van der Waals surface area (Å²) in [6.07, 6.45) is 7.98. The Morgan fingerprint density at radius 2 is 2.21 bits per heavy atom. The predicted octanol–water partition coefficient (Wildman–Crippen LogP) is 0.904. The summed E-state index contributed by atoms with van der Waals surface area (Å²) in [6, 6.07) is -0.110. The number of rotatable bonds is 7. The van der Waals surface area contributed by atoms with Crippen molar-refractivity contribution in [3.05, 3.63) is 0 Å². The standard InChI is InChI=1S/C11H20N2O/c1-4-6-7-8-9-13-10(3)11(14)12-5-2/h1,10,13H,5-9H2,2-3H3,(H,12,14). The summed E-state index contributed by atoms with van der Waals surface area (Å²) >= 11 is 0. The Hall–Kier alpha value is -1.01. The molecule has 0 heterocycles. The molecule has 0 aliphatic heterocycles. The maximum atomic E-state index is 11.3. The minimum Gasteiger partial charge on any atom is -0.355 e. The molecule has 0 bridgehead atoms. The van der Waals surface area contributed by atoms with Gasteiger partial charge in [0.15, 0.2) is 0 Å². The van der Waals surface area contributed by atoms with Crippen LogP contribution in [-0.2, 0) is 4.79 Å². The summed E-state index contributed by atoms with van der Waals surface area (Å²) in [5, 5.41) is 5.91. The quantitative estimate of drug-likeness (QED) is 0.469. The normalized spacial score (nSPS) is 11.8. The SMILES string of the molecule is C#CCCCCNC(C)C(=O)NCC. The third-order valence-corrected chi connectivity index (χ3v) is 1.94. The van der Waals surface area contributed by atoms with Gasteiger partial charge >= 0.3 is 0 Å². The van der Waals surface area contributed by atoms with Gasteiger partial charge < -0.3 is 10.6 Å². The molecule has 0 spiro atoms. The maximum Gasteiger partial charge on any atom is 0.236 e. The Balaban J connectivity index is 3.39. The number of carbonyl (C=O) groups is 1. The van der Waals surface area contributed by atoms with Crippen molar-refractivity contribution in [2.24, 2.45) is 0 Å². The van der Waals surface area contributed by atoms with Crippen LogP contribution in [0.2, 0.25) is 0 Å². The van der Waals surface area contributed by atoms with Crippen LogP contribution in [-0.4, -0.2) is 25.0 Å². The lowest BCUT2D eigenvalue weighted by atomic mass is 10.2. The van der Waals surface area contributed by atoms with Gasteiger partial charge in [-0.25, -0.2) is 0 Å². The van der Waals surface area contributed by atoms with Gasteiger partial charge in [-0.3, -0.25) is 4.79 Å². The molecule has 2 N–H and O–H groups in total. The Bertz CT molecular complexity index is 196. The van der Waals surface area contributed by atoms with Crippen LogP contribution < -0.4 is 10.6 Å². The third kappa shape index (κ3) is 6.50. The zero-order valence-corrected chi connectivity index (χ0v) is 9.10. The van der Waals surface area contributed by atoms with E-state index in [2.05, 4.69) is 16.6 Å². The Labute approximate surface area is 86.6 Å². The maximum absolute atomic E-state index is 11.3. The van der Waals surface area contributed by atoms with Gasteiger partial charge in [0.25, 0.3) is 0 Å². The van der Waals surface area contributed by atoms with Crippen LogP contribution in [0.1, 0.15) is 33.1 Å². The molecule has 3 heteroatoms. The molecular weight excluding hydrogens is 176 g/mol. The molecule has 3 nitrogen and oxygen atoms in total. The zero-order chi connectivity index (χ0) is 10.8. The molecule has 0 saturated carbocycles. The second-order valence-electron chi connectivity index (χ2n) is 3.23. The topological polar surface area (TPSA) is 41.1 Å². The van der Waals surface area contributed by atoms with E-state index in [1.807, 2.05) is 13.8 Å². The van der Waals surface area contributed by atoms with Gasteiger partial charge in [0, 0.05) is 13.0 Å². The van der Waals surface area contributed by atoms with Crippen molar-refractivity contribution in [3.63, 3.8) is 0 Å². The second kappa shape index (κ2) is 8.58. The average molecular weight is 196 g/mol. The molecule has 14 heavy (non-hydrogen) atoms. The number of carbonyl (C=O) groups excluding carboxylic acids is 1. The van der Waals surface area contributed by atoms with Crippen LogP contribution >= 0.6 is 0 Å². The van der Waals surface area contributed by atoms with Crippen molar-refractivity contribution in [2.45, 2.75) is 39.2 Å². The largest absolute Gasteiger partial charge is 0.355 e. The molecule has 0 rings (SSSR count). The first kappa shape index (κ1) is 13.0. The van der Waals surface area contributed by atoms with Gasteiger partial charge in [0.05, 0.1) is 6.04 Å². The molecule has 0 aromatic heterocycles. The lowest BCUT2D eigenvalue weighted by Crippen LogP contribution is -2.42. The van der Waals surface area contributed by atoms with Crippen molar-refractivity contribution in [1.29, 1.82) is 0 Å². The molecule has 0 aliphatic rings. The van der Waals surface area contributed by atoms with Crippen molar-refractivity contribution in [3.8, 4) is 12.3 Å². The molecule has 80 valence electrons. The van der Waals surface area contributed by atoms with Crippen molar-refractivity contribution >= 4 is 5.91 Å². The molecule has 1 unspecified atom stereocenters. The van der Waals surface area contributed by atoms with E-state index in [0.29, 0.717) is 6.54 Å². The summed E-state index contributed by atoms with van der Waals surface area (Å²) in [7, 11) is 0. The fourth-order valence-corrected chi connectivity index (χ4v) is 1.09. The molecule has 0 aromatic rings. The fourth-order valence-electron chi connectivity index (χ4n) is 1.09. The van der Waals surface area contributed by atoms with Crippen LogP contribution in [0, 0.1) is 12.3 Å². The van der Waals surface area contributed by atoms with E-state index in [4.69, 9.17) is 6.42 Å². The van der Waals surface area contributed by atoms with E-state index < -0.39 is 0 Å². The van der Waals surface area contributed by atoms with Crippen molar-refractivity contribution < 1.29 is 4.79 Å². The molecule has 0 fully saturated rings. The Kier molecular flexibility index (Phi) is 7.96. The summed E-state index contributed by atoms with van der Waals surface area (Å²) in [6.45, 7) is 5.31. The van der Waals surface area contributed by atoms with Crippen LogP contribution in [0.4, 0.5) is 0 Å². The van der Waals surface area contributed by atoms with E-state index in [9.17, 15) is 4.79 Å². The number of likely N-dealkylation sites (N-methyl/N-ethyl adjacent to an activating group) is 1. The first-order valence-electron chi connectivity index (χ1n) is 5.17. The second-order valence-corrected chi connectivity index (χ2v) is 3.23. The van der Waals surface area contributed by atoms with Crippen LogP contribution in [0.25, 0.3) is 0 Å². The van der Waals surface area contributed by atoms with E-state index in [1.165, 1.54) is 0 Å². The van der Waals surface area contributed by atoms with Crippen LogP contribution in [0.15, 0.2) is 0 Å². The molecule has 0 saturated heterocycles. The number of unbranched alkanes of at least 4 members (excludes halogenated alkanes) is 2. The van der Waals surface area contributed by atoms with E-state index in [-0.39, 0.29) is 11.9 Å².